The number of hydrazine groups is 1. The smallest absolute Gasteiger partial charge is 0.416 e. The number of amides is 1. The number of carbonyl (C=O) groups is 1. The Balaban J connectivity index is 1.49. The molecule has 0 spiro atoms. The van der Waals surface area contributed by atoms with Crippen LogP contribution >= 0.6 is 0 Å². The first kappa shape index (κ1) is 34.2. The molecule has 1 heterocycles. The summed E-state index contributed by atoms with van der Waals surface area (Å²) in [5, 5.41) is 9.05. The van der Waals surface area contributed by atoms with E-state index >= 15 is 0 Å². The predicted octanol–water partition coefficient (Wildman–Crippen LogP) is 6.66. The van der Waals surface area contributed by atoms with Gasteiger partial charge < -0.3 is 19.3 Å². The van der Waals surface area contributed by atoms with Gasteiger partial charge in [0.05, 0.1) is 19.3 Å². The van der Waals surface area contributed by atoms with Gasteiger partial charge in [-0.2, -0.15) is 13.2 Å². The van der Waals surface area contributed by atoms with E-state index in [2.05, 4.69) is 10.9 Å². The van der Waals surface area contributed by atoms with Crippen LogP contribution in [0.1, 0.15) is 46.8 Å². The molecule has 1 aliphatic rings. The summed E-state index contributed by atoms with van der Waals surface area (Å²) in [5.74, 6) is 0.847. The zero-order valence-corrected chi connectivity index (χ0v) is 26.2. The number of nitrogens with one attached hydrogen (secondary N) is 2. The monoisotopic (exact) mass is 659 g/mol. The van der Waals surface area contributed by atoms with Crippen LogP contribution in [0.25, 0.3) is 6.08 Å². The molecule has 0 bridgehead atoms. The quantitative estimate of drug-likeness (QED) is 0.104. The van der Waals surface area contributed by atoms with Gasteiger partial charge in [-0.15, -0.1) is 0 Å². The third kappa shape index (κ3) is 8.41. The maximum atomic E-state index is 14.3. The summed E-state index contributed by atoms with van der Waals surface area (Å²) in [6.07, 6.45) is -1.04. The first-order chi connectivity index (χ1) is 23.2. The van der Waals surface area contributed by atoms with Crippen molar-refractivity contribution in [1.29, 1.82) is 0 Å². The van der Waals surface area contributed by atoms with Crippen molar-refractivity contribution in [2.45, 2.75) is 37.2 Å². The number of aliphatic hydroxyl groups is 1. The van der Waals surface area contributed by atoms with Gasteiger partial charge >= 0.3 is 6.18 Å². The number of hydrogen-bond acceptors (Lipinski definition) is 7. The number of nitrogens with zero attached hydrogens (tertiary/aromatic N) is 1. The van der Waals surface area contributed by atoms with Crippen LogP contribution in [0.4, 0.5) is 13.2 Å². The van der Waals surface area contributed by atoms with Gasteiger partial charge in [-0.05, 0) is 59.2 Å². The van der Waals surface area contributed by atoms with Gasteiger partial charge in [0.25, 0.3) is 5.91 Å². The maximum absolute atomic E-state index is 14.3. The van der Waals surface area contributed by atoms with Gasteiger partial charge in [-0.3, -0.25) is 10.2 Å². The molecule has 4 aromatic rings. The number of hydrogen-bond donors (Lipinski definition) is 3. The van der Waals surface area contributed by atoms with Gasteiger partial charge in [0.15, 0.2) is 11.6 Å². The summed E-state index contributed by atoms with van der Waals surface area (Å²) >= 11 is 0. The average molecular weight is 660 g/mol. The van der Waals surface area contributed by atoms with Crippen LogP contribution in [0, 0.1) is 0 Å². The second-order valence-corrected chi connectivity index (χ2v) is 11.1. The number of ether oxygens (including phenoxy) is 3. The van der Waals surface area contributed by atoms with Crippen LogP contribution in [0.15, 0.2) is 114 Å². The molecule has 0 radical (unpaired) electrons. The number of alkyl halides is 3. The molecule has 250 valence electrons. The molecule has 48 heavy (non-hydrogen) atoms. The molecule has 4 aromatic carbocycles. The summed E-state index contributed by atoms with van der Waals surface area (Å²) < 4.78 is 57.5. The molecule has 0 saturated carbocycles. The van der Waals surface area contributed by atoms with Crippen molar-refractivity contribution in [1.82, 2.24) is 10.9 Å². The molecule has 0 aromatic heterocycles. The van der Waals surface area contributed by atoms with Crippen LogP contribution in [0.2, 0.25) is 0 Å². The zero-order valence-electron chi connectivity index (χ0n) is 26.2. The van der Waals surface area contributed by atoms with Gasteiger partial charge in [0.1, 0.15) is 11.5 Å². The molecule has 11 heteroatoms. The lowest BCUT2D eigenvalue weighted by molar-refractivity contribution is -0.137. The van der Waals surface area contributed by atoms with Crippen LogP contribution in [-0.2, 0) is 22.3 Å². The maximum Gasteiger partial charge on any atom is 0.416 e. The minimum Gasteiger partial charge on any atom is -0.497 e. The van der Waals surface area contributed by atoms with Crippen molar-refractivity contribution < 1.29 is 37.3 Å². The van der Waals surface area contributed by atoms with Crippen molar-refractivity contribution in [2.24, 2.45) is 4.99 Å². The highest BCUT2D eigenvalue weighted by Crippen LogP contribution is 2.43. The van der Waals surface area contributed by atoms with Crippen molar-refractivity contribution in [3.8, 4) is 11.5 Å². The van der Waals surface area contributed by atoms with E-state index in [1.807, 2.05) is 48.6 Å². The molecule has 1 amide bonds. The van der Waals surface area contributed by atoms with E-state index in [4.69, 9.17) is 24.3 Å². The standard InChI is InChI=1S/C37H36F3N3O5/c1-46-32-15-6-13-29(24-32)33-36(20-7-12-26-9-3-2-4-10-26,35(45)43-41-25-27-11-5-14-30(23-27)37(38,39)40)42-34(48-33)28-16-18-31(19-17-28)47-22-8-21-44/h2-7,9-19,23-24,33,41,44H,8,20-22,25H2,1H3,(H,43,45)/b12-7+/t33-,36-/m0/s1. The van der Waals surface area contributed by atoms with Crippen molar-refractivity contribution >= 4 is 17.9 Å². The summed E-state index contributed by atoms with van der Waals surface area (Å²) in [6.45, 7) is 0.312. The highest BCUT2D eigenvalue weighted by atomic mass is 19.4. The summed E-state index contributed by atoms with van der Waals surface area (Å²) in [6, 6.07) is 28.7. The van der Waals surface area contributed by atoms with E-state index in [9.17, 15) is 18.0 Å². The third-order valence-electron chi connectivity index (χ3n) is 7.71. The molecule has 1 aliphatic heterocycles. The Labute approximate surface area is 276 Å². The number of aliphatic imine (C=N–C) groups is 1. The van der Waals surface area contributed by atoms with Gasteiger partial charge in [0, 0.05) is 31.6 Å². The minimum atomic E-state index is -4.49. The van der Waals surface area contributed by atoms with Gasteiger partial charge in [-0.1, -0.05) is 72.8 Å². The van der Waals surface area contributed by atoms with E-state index in [0.29, 0.717) is 41.2 Å². The highest BCUT2D eigenvalue weighted by Gasteiger charge is 2.52. The normalized spacial score (nSPS) is 17.5. The van der Waals surface area contributed by atoms with E-state index in [0.717, 1.165) is 17.7 Å². The van der Waals surface area contributed by atoms with E-state index < -0.39 is 29.3 Å². The topological polar surface area (TPSA) is 101 Å². The zero-order chi connectivity index (χ0) is 34.0. The molecular formula is C37H36F3N3O5. The lowest BCUT2D eigenvalue weighted by Gasteiger charge is -2.30. The van der Waals surface area contributed by atoms with Crippen LogP contribution in [-0.4, -0.2) is 42.8 Å². The van der Waals surface area contributed by atoms with E-state index in [1.165, 1.54) is 12.1 Å². The van der Waals surface area contributed by atoms with Crippen LogP contribution < -0.4 is 20.3 Å². The number of rotatable bonds is 14. The molecule has 0 saturated heterocycles. The Morgan fingerprint density at radius 3 is 2.48 bits per heavy atom. The number of benzene rings is 4. The van der Waals surface area contributed by atoms with Crippen molar-refractivity contribution in [2.75, 3.05) is 20.3 Å². The molecule has 3 N–H and O–H groups in total. The number of halogens is 3. The van der Waals surface area contributed by atoms with E-state index in [-0.39, 0.29) is 25.5 Å². The molecule has 0 unspecified atom stereocenters. The average Bonchev–Trinajstić information content (AvgIpc) is 3.50. The first-order valence-corrected chi connectivity index (χ1v) is 15.4. The highest BCUT2D eigenvalue weighted by molar-refractivity contribution is 6.01. The number of aliphatic hydroxyl groups excluding tert-OH is 1. The Morgan fingerprint density at radius 2 is 1.75 bits per heavy atom. The Bertz CT molecular complexity index is 1730. The Kier molecular flexibility index (Phi) is 11.1. The molecule has 5 rings (SSSR count). The van der Waals surface area contributed by atoms with Crippen LogP contribution in [0.3, 0.4) is 0 Å². The van der Waals surface area contributed by atoms with Gasteiger partial charge in [-0.25, -0.2) is 10.4 Å². The molecule has 0 aliphatic carbocycles. The summed E-state index contributed by atoms with van der Waals surface area (Å²) in [4.78, 5) is 19.2. The summed E-state index contributed by atoms with van der Waals surface area (Å²) in [7, 11) is 1.54. The van der Waals surface area contributed by atoms with Gasteiger partial charge in [0.2, 0.25) is 5.90 Å². The van der Waals surface area contributed by atoms with Crippen molar-refractivity contribution in [3.05, 3.63) is 137 Å². The number of carbonyl (C=O) groups excluding carboxylic acids is 1. The fraction of sp³-hybridized carbons (Fsp3) is 0.243. The lowest BCUT2D eigenvalue weighted by atomic mass is 9.84. The molecule has 0 fully saturated rings. The van der Waals surface area contributed by atoms with Crippen molar-refractivity contribution in [3.63, 3.8) is 0 Å². The minimum absolute atomic E-state index is 0.0199. The first-order valence-electron chi connectivity index (χ1n) is 15.4. The SMILES string of the molecule is COc1cccc([C@@H]2OC(c3ccc(OCCCO)cc3)=N[C@]2(C/C=C/c2ccccc2)C(=O)NNCc2cccc(C(F)(F)F)c2)c1. The van der Waals surface area contributed by atoms with Crippen LogP contribution in [0.5, 0.6) is 11.5 Å². The van der Waals surface area contributed by atoms with E-state index in [1.54, 1.807) is 49.6 Å². The summed E-state index contributed by atoms with van der Waals surface area (Å²) in [5.41, 5.74) is 5.68. The second kappa shape index (κ2) is 15.6. The molecule has 8 nitrogen and oxygen atoms in total. The molecular weight excluding hydrogens is 623 g/mol. The third-order valence-corrected chi connectivity index (χ3v) is 7.71. The Morgan fingerprint density at radius 1 is 0.979 bits per heavy atom. The second-order valence-electron chi connectivity index (χ2n) is 11.1. The largest absolute Gasteiger partial charge is 0.497 e. The lowest BCUT2D eigenvalue weighted by Crippen LogP contribution is -2.52. The molecule has 2 atom stereocenters. The fourth-order valence-electron chi connectivity index (χ4n) is 5.25. The Hall–Kier alpha value is -5.13. The number of methoxy groups -OCH3 is 1. The fourth-order valence-corrected chi connectivity index (χ4v) is 5.25. The predicted molar refractivity (Wildman–Crippen MR) is 176 cm³/mol.